The molecule has 6 heteroatoms. The number of nitrogens with zero attached hydrogens (tertiary/aromatic N) is 4. The zero-order chi connectivity index (χ0) is 18.5. The molecule has 1 saturated heterocycles. The molecule has 1 aliphatic rings. The molecule has 0 radical (unpaired) electrons. The first kappa shape index (κ1) is 17.5. The SMILES string of the molecule is O=C(NCCc1ccccc1)N1CCN(Cc2cc3ccccn3n2)CC1. The summed E-state index contributed by atoms with van der Waals surface area (Å²) in [5.74, 6) is 0. The Morgan fingerprint density at radius 2 is 1.78 bits per heavy atom. The van der Waals surface area contributed by atoms with Gasteiger partial charge in [0.25, 0.3) is 0 Å². The second kappa shape index (κ2) is 8.22. The van der Waals surface area contributed by atoms with Gasteiger partial charge in [0.1, 0.15) is 0 Å². The number of carbonyl (C=O) groups is 1. The molecule has 3 aromatic rings. The quantitative estimate of drug-likeness (QED) is 0.757. The molecule has 1 N–H and O–H groups in total. The van der Waals surface area contributed by atoms with Gasteiger partial charge in [0, 0.05) is 45.5 Å². The number of carbonyl (C=O) groups excluding carboxylic acids is 1. The van der Waals surface area contributed by atoms with Gasteiger partial charge in [-0.25, -0.2) is 9.31 Å². The predicted octanol–water partition coefficient (Wildman–Crippen LogP) is 2.40. The maximum atomic E-state index is 12.4. The zero-order valence-electron chi connectivity index (χ0n) is 15.4. The number of fused-ring (bicyclic) bond motifs is 1. The Morgan fingerprint density at radius 1 is 1.00 bits per heavy atom. The molecule has 0 saturated carbocycles. The highest BCUT2D eigenvalue weighted by Crippen LogP contribution is 2.11. The van der Waals surface area contributed by atoms with Crippen LogP contribution in [0.2, 0.25) is 0 Å². The molecule has 1 aromatic carbocycles. The number of pyridine rings is 1. The van der Waals surface area contributed by atoms with E-state index >= 15 is 0 Å². The largest absolute Gasteiger partial charge is 0.338 e. The lowest BCUT2D eigenvalue weighted by Crippen LogP contribution is -2.51. The van der Waals surface area contributed by atoms with E-state index < -0.39 is 0 Å². The fraction of sp³-hybridized carbons (Fsp3) is 0.333. The summed E-state index contributed by atoms with van der Waals surface area (Å²) in [7, 11) is 0. The Balaban J connectivity index is 1.21. The van der Waals surface area contributed by atoms with Crippen LogP contribution in [0.3, 0.4) is 0 Å². The lowest BCUT2D eigenvalue weighted by atomic mass is 10.1. The van der Waals surface area contributed by atoms with Crippen molar-refractivity contribution in [1.82, 2.24) is 24.7 Å². The third kappa shape index (κ3) is 4.46. The molecule has 2 aromatic heterocycles. The topological polar surface area (TPSA) is 52.9 Å². The van der Waals surface area contributed by atoms with E-state index in [1.807, 2.05) is 45.9 Å². The first-order chi connectivity index (χ1) is 13.3. The summed E-state index contributed by atoms with van der Waals surface area (Å²) in [5.41, 5.74) is 3.43. The van der Waals surface area contributed by atoms with E-state index in [4.69, 9.17) is 0 Å². The van der Waals surface area contributed by atoms with Crippen molar-refractivity contribution in [2.24, 2.45) is 0 Å². The van der Waals surface area contributed by atoms with Crippen LogP contribution >= 0.6 is 0 Å². The van der Waals surface area contributed by atoms with Crippen LogP contribution in [-0.4, -0.2) is 58.2 Å². The Bertz CT molecular complexity index is 851. The number of hydrogen-bond acceptors (Lipinski definition) is 3. The maximum absolute atomic E-state index is 12.4. The molecule has 0 aliphatic carbocycles. The summed E-state index contributed by atoms with van der Waals surface area (Å²) in [4.78, 5) is 16.6. The van der Waals surface area contributed by atoms with E-state index in [1.165, 1.54) is 5.56 Å². The van der Waals surface area contributed by atoms with Gasteiger partial charge >= 0.3 is 6.03 Å². The van der Waals surface area contributed by atoms with Gasteiger partial charge in [0.2, 0.25) is 0 Å². The molecule has 0 bridgehead atoms. The zero-order valence-corrected chi connectivity index (χ0v) is 15.4. The molecule has 0 unspecified atom stereocenters. The van der Waals surface area contributed by atoms with Crippen LogP contribution in [0.1, 0.15) is 11.3 Å². The second-order valence-electron chi connectivity index (χ2n) is 6.94. The van der Waals surface area contributed by atoms with Crippen molar-refractivity contribution in [1.29, 1.82) is 0 Å². The predicted molar refractivity (Wildman–Crippen MR) is 106 cm³/mol. The van der Waals surface area contributed by atoms with E-state index in [-0.39, 0.29) is 6.03 Å². The van der Waals surface area contributed by atoms with Gasteiger partial charge in [-0.2, -0.15) is 5.10 Å². The van der Waals surface area contributed by atoms with Crippen LogP contribution in [0.5, 0.6) is 0 Å². The fourth-order valence-corrected chi connectivity index (χ4v) is 3.48. The second-order valence-corrected chi connectivity index (χ2v) is 6.94. The molecular formula is C21H25N5O. The molecule has 1 aliphatic heterocycles. The molecule has 3 heterocycles. The van der Waals surface area contributed by atoms with E-state index in [0.717, 1.165) is 50.4 Å². The Hall–Kier alpha value is -2.86. The monoisotopic (exact) mass is 363 g/mol. The van der Waals surface area contributed by atoms with Crippen LogP contribution in [0.15, 0.2) is 60.8 Å². The van der Waals surface area contributed by atoms with E-state index in [9.17, 15) is 4.79 Å². The summed E-state index contributed by atoms with van der Waals surface area (Å²) >= 11 is 0. The minimum atomic E-state index is 0.0401. The Labute approximate surface area is 159 Å². The van der Waals surface area contributed by atoms with Crippen molar-refractivity contribution in [2.75, 3.05) is 32.7 Å². The van der Waals surface area contributed by atoms with Gasteiger partial charge in [0.15, 0.2) is 0 Å². The highest BCUT2D eigenvalue weighted by atomic mass is 16.2. The Kier molecular flexibility index (Phi) is 5.34. The standard InChI is InChI=1S/C21H25N5O/c27-21(22-10-9-18-6-2-1-3-7-18)25-14-12-24(13-15-25)17-19-16-20-8-4-5-11-26(20)23-19/h1-8,11,16H,9-10,12-15,17H2,(H,22,27). The van der Waals surface area contributed by atoms with Crippen molar-refractivity contribution in [3.05, 3.63) is 72.1 Å². The maximum Gasteiger partial charge on any atom is 0.317 e. The number of urea groups is 1. The van der Waals surface area contributed by atoms with Crippen LogP contribution in [-0.2, 0) is 13.0 Å². The first-order valence-corrected chi connectivity index (χ1v) is 9.50. The number of amides is 2. The Morgan fingerprint density at radius 3 is 2.56 bits per heavy atom. The minimum absolute atomic E-state index is 0.0401. The van der Waals surface area contributed by atoms with Crippen LogP contribution < -0.4 is 5.32 Å². The van der Waals surface area contributed by atoms with Gasteiger partial charge in [-0.1, -0.05) is 36.4 Å². The first-order valence-electron chi connectivity index (χ1n) is 9.50. The molecule has 140 valence electrons. The van der Waals surface area contributed by atoms with Gasteiger partial charge in [-0.15, -0.1) is 0 Å². The number of aromatic nitrogens is 2. The smallest absolute Gasteiger partial charge is 0.317 e. The molecule has 2 amide bonds. The molecule has 4 rings (SSSR count). The van der Waals surface area contributed by atoms with Crippen molar-refractivity contribution in [3.8, 4) is 0 Å². The number of rotatable bonds is 5. The number of piperazine rings is 1. The lowest BCUT2D eigenvalue weighted by Gasteiger charge is -2.34. The van der Waals surface area contributed by atoms with Gasteiger partial charge in [-0.05, 0) is 30.2 Å². The van der Waals surface area contributed by atoms with E-state index in [1.54, 1.807) is 0 Å². The third-order valence-electron chi connectivity index (χ3n) is 5.00. The van der Waals surface area contributed by atoms with Crippen molar-refractivity contribution < 1.29 is 4.79 Å². The average molecular weight is 363 g/mol. The van der Waals surface area contributed by atoms with Crippen molar-refractivity contribution in [3.63, 3.8) is 0 Å². The average Bonchev–Trinajstić information content (AvgIpc) is 3.11. The third-order valence-corrected chi connectivity index (χ3v) is 5.00. The molecule has 0 spiro atoms. The van der Waals surface area contributed by atoms with Gasteiger partial charge in [0.05, 0.1) is 11.2 Å². The number of nitrogens with one attached hydrogen (secondary N) is 1. The molecule has 0 atom stereocenters. The summed E-state index contributed by atoms with van der Waals surface area (Å²) in [6, 6.07) is 18.5. The van der Waals surface area contributed by atoms with Crippen LogP contribution in [0, 0.1) is 0 Å². The number of benzene rings is 1. The molecule has 6 nitrogen and oxygen atoms in total. The molecule has 27 heavy (non-hydrogen) atoms. The normalized spacial score (nSPS) is 15.2. The summed E-state index contributed by atoms with van der Waals surface area (Å²) in [5, 5.41) is 7.65. The minimum Gasteiger partial charge on any atom is -0.338 e. The van der Waals surface area contributed by atoms with Gasteiger partial charge < -0.3 is 10.2 Å². The van der Waals surface area contributed by atoms with Crippen molar-refractivity contribution in [2.45, 2.75) is 13.0 Å². The van der Waals surface area contributed by atoms with E-state index in [0.29, 0.717) is 6.54 Å². The molecular weight excluding hydrogens is 338 g/mol. The summed E-state index contributed by atoms with van der Waals surface area (Å²) in [6.07, 6.45) is 2.83. The van der Waals surface area contributed by atoms with Crippen LogP contribution in [0.25, 0.3) is 5.52 Å². The highest BCUT2D eigenvalue weighted by molar-refractivity contribution is 5.74. The fourth-order valence-electron chi connectivity index (χ4n) is 3.48. The summed E-state index contributed by atoms with van der Waals surface area (Å²) in [6.45, 7) is 4.75. The van der Waals surface area contributed by atoms with E-state index in [2.05, 4.69) is 39.6 Å². The summed E-state index contributed by atoms with van der Waals surface area (Å²) < 4.78 is 1.91. The lowest BCUT2D eigenvalue weighted by molar-refractivity contribution is 0.134. The highest BCUT2D eigenvalue weighted by Gasteiger charge is 2.21. The van der Waals surface area contributed by atoms with Crippen molar-refractivity contribution >= 4 is 11.5 Å². The molecule has 1 fully saturated rings. The van der Waals surface area contributed by atoms with Gasteiger partial charge in [-0.3, -0.25) is 4.90 Å². The number of hydrogen-bond donors (Lipinski definition) is 1. The van der Waals surface area contributed by atoms with Crippen LogP contribution in [0.4, 0.5) is 4.79 Å².